The Balaban J connectivity index is 3.50. The fraction of sp³-hybridized carbons (Fsp3) is 0.417. The van der Waals surface area contributed by atoms with Crippen LogP contribution in [0, 0.1) is 6.92 Å². The van der Waals surface area contributed by atoms with E-state index in [2.05, 4.69) is 5.32 Å². The Bertz CT molecular complexity index is 564. The average molecular weight is 271 g/mol. The first kappa shape index (κ1) is 14.7. The van der Waals surface area contributed by atoms with Gasteiger partial charge in [-0.25, -0.2) is 8.42 Å². The van der Waals surface area contributed by atoms with E-state index >= 15 is 0 Å². The maximum atomic E-state index is 11.9. The lowest BCUT2D eigenvalue weighted by Gasteiger charge is -2.12. The Morgan fingerprint density at radius 1 is 1.39 bits per heavy atom. The van der Waals surface area contributed by atoms with Crippen LogP contribution in [-0.4, -0.2) is 41.2 Å². The standard InChI is InChI=1S/C12H17NO4S/c1-8-5-12(18(4,15)16)9(6-11(8)17-3)10(14)7-13-2/h5-6,13H,7H2,1-4H3. The molecule has 0 heterocycles. The molecule has 6 heteroatoms. The molecular weight excluding hydrogens is 254 g/mol. The van der Waals surface area contributed by atoms with Gasteiger partial charge in [0, 0.05) is 11.8 Å². The van der Waals surface area contributed by atoms with Crippen LogP contribution in [0.1, 0.15) is 15.9 Å². The molecule has 0 aromatic heterocycles. The van der Waals surface area contributed by atoms with Crippen molar-refractivity contribution in [1.29, 1.82) is 0 Å². The predicted molar refractivity (Wildman–Crippen MR) is 69.1 cm³/mol. The zero-order valence-electron chi connectivity index (χ0n) is 10.9. The summed E-state index contributed by atoms with van der Waals surface area (Å²) in [6, 6.07) is 2.95. The first-order valence-corrected chi connectivity index (χ1v) is 7.27. The zero-order chi connectivity index (χ0) is 13.9. The van der Waals surface area contributed by atoms with Crippen LogP contribution in [0.4, 0.5) is 0 Å². The summed E-state index contributed by atoms with van der Waals surface area (Å²) in [7, 11) is -0.339. The smallest absolute Gasteiger partial charge is 0.178 e. The molecule has 0 atom stereocenters. The van der Waals surface area contributed by atoms with Crippen molar-refractivity contribution in [3.63, 3.8) is 0 Å². The van der Waals surface area contributed by atoms with Gasteiger partial charge >= 0.3 is 0 Å². The predicted octanol–water partition coefficient (Wildman–Crippen LogP) is 0.809. The summed E-state index contributed by atoms with van der Waals surface area (Å²) >= 11 is 0. The molecule has 0 fully saturated rings. The lowest BCUT2D eigenvalue weighted by Crippen LogP contribution is -2.21. The van der Waals surface area contributed by atoms with Crippen molar-refractivity contribution in [3.05, 3.63) is 23.3 Å². The number of benzene rings is 1. The van der Waals surface area contributed by atoms with Crippen LogP contribution in [0.15, 0.2) is 17.0 Å². The van der Waals surface area contributed by atoms with Crippen LogP contribution in [0.5, 0.6) is 5.75 Å². The number of likely N-dealkylation sites (N-methyl/N-ethyl adjacent to an activating group) is 1. The average Bonchev–Trinajstić information content (AvgIpc) is 2.27. The molecule has 0 bridgehead atoms. The maximum absolute atomic E-state index is 11.9. The number of aryl methyl sites for hydroxylation is 1. The molecule has 0 spiro atoms. The van der Waals surface area contributed by atoms with Crippen LogP contribution in [0.2, 0.25) is 0 Å². The number of methoxy groups -OCH3 is 1. The number of nitrogens with one attached hydrogen (secondary N) is 1. The van der Waals surface area contributed by atoms with E-state index in [1.54, 1.807) is 14.0 Å². The minimum Gasteiger partial charge on any atom is -0.496 e. The highest BCUT2D eigenvalue weighted by atomic mass is 32.2. The van der Waals surface area contributed by atoms with E-state index in [4.69, 9.17) is 4.74 Å². The number of carbonyl (C=O) groups excluding carboxylic acids is 1. The van der Waals surface area contributed by atoms with E-state index in [0.717, 1.165) is 6.26 Å². The Morgan fingerprint density at radius 2 is 2.00 bits per heavy atom. The molecule has 1 N–H and O–H groups in total. The number of hydrogen-bond donors (Lipinski definition) is 1. The van der Waals surface area contributed by atoms with Gasteiger partial charge in [0.2, 0.25) is 0 Å². The van der Waals surface area contributed by atoms with Crippen LogP contribution in [0.3, 0.4) is 0 Å². The normalized spacial score (nSPS) is 11.3. The van der Waals surface area contributed by atoms with Gasteiger partial charge in [-0.1, -0.05) is 0 Å². The van der Waals surface area contributed by atoms with Crippen molar-refractivity contribution >= 4 is 15.6 Å². The zero-order valence-corrected chi connectivity index (χ0v) is 11.7. The van der Waals surface area contributed by atoms with Gasteiger partial charge in [0.25, 0.3) is 0 Å². The topological polar surface area (TPSA) is 72.5 Å². The van der Waals surface area contributed by atoms with Gasteiger partial charge in [0.15, 0.2) is 15.6 Å². The summed E-state index contributed by atoms with van der Waals surface area (Å²) in [4.78, 5) is 12.0. The van der Waals surface area contributed by atoms with Crippen molar-refractivity contribution in [2.75, 3.05) is 27.0 Å². The molecule has 0 unspecified atom stereocenters. The molecular formula is C12H17NO4S. The van der Waals surface area contributed by atoms with Gasteiger partial charge in [-0.15, -0.1) is 0 Å². The third kappa shape index (κ3) is 3.08. The third-order valence-corrected chi connectivity index (χ3v) is 3.67. The van der Waals surface area contributed by atoms with Crippen molar-refractivity contribution in [1.82, 2.24) is 5.32 Å². The number of Topliss-reactive ketones (excluding diaryl/α,β-unsaturated/α-hetero) is 1. The molecule has 0 amide bonds. The first-order valence-electron chi connectivity index (χ1n) is 5.37. The molecule has 0 aliphatic carbocycles. The lowest BCUT2D eigenvalue weighted by molar-refractivity contribution is 0.0990. The second-order valence-corrected chi connectivity index (χ2v) is 6.03. The van der Waals surface area contributed by atoms with Gasteiger partial charge in [0.05, 0.1) is 18.6 Å². The second-order valence-electron chi connectivity index (χ2n) is 4.04. The van der Waals surface area contributed by atoms with E-state index in [9.17, 15) is 13.2 Å². The summed E-state index contributed by atoms with van der Waals surface area (Å²) in [5.41, 5.74) is 0.841. The summed E-state index contributed by atoms with van der Waals surface area (Å²) in [5.74, 6) is 0.220. The summed E-state index contributed by atoms with van der Waals surface area (Å²) < 4.78 is 28.5. The highest BCUT2D eigenvalue weighted by molar-refractivity contribution is 7.90. The number of ether oxygens (including phenoxy) is 1. The Labute approximate surface area is 107 Å². The number of carbonyl (C=O) groups is 1. The fourth-order valence-corrected chi connectivity index (χ4v) is 2.63. The lowest BCUT2D eigenvalue weighted by atomic mass is 10.1. The van der Waals surface area contributed by atoms with E-state index in [0.29, 0.717) is 11.3 Å². The summed E-state index contributed by atoms with van der Waals surface area (Å²) in [5, 5.41) is 2.71. The van der Waals surface area contributed by atoms with Crippen molar-refractivity contribution in [3.8, 4) is 5.75 Å². The van der Waals surface area contributed by atoms with Gasteiger partial charge in [0.1, 0.15) is 5.75 Å². The second kappa shape index (κ2) is 5.49. The molecule has 0 saturated heterocycles. The molecule has 1 aromatic rings. The monoisotopic (exact) mass is 271 g/mol. The Hall–Kier alpha value is -1.40. The quantitative estimate of drug-likeness (QED) is 0.802. The SMILES string of the molecule is CNCC(=O)c1cc(OC)c(C)cc1S(C)(=O)=O. The fourth-order valence-electron chi connectivity index (χ4n) is 1.66. The highest BCUT2D eigenvalue weighted by Crippen LogP contribution is 2.26. The van der Waals surface area contributed by atoms with Crippen LogP contribution < -0.4 is 10.1 Å². The molecule has 0 aliphatic rings. The minimum absolute atomic E-state index is 0.0426. The van der Waals surface area contributed by atoms with Crippen LogP contribution >= 0.6 is 0 Å². The number of ketones is 1. The van der Waals surface area contributed by atoms with Crippen molar-refractivity contribution < 1.29 is 17.9 Å². The third-order valence-electron chi connectivity index (χ3n) is 2.53. The summed E-state index contributed by atoms with van der Waals surface area (Å²) in [6.45, 7) is 1.81. The number of hydrogen-bond acceptors (Lipinski definition) is 5. The molecule has 0 aliphatic heterocycles. The Morgan fingerprint density at radius 3 is 2.44 bits per heavy atom. The van der Waals surface area contributed by atoms with Crippen LogP contribution in [-0.2, 0) is 9.84 Å². The van der Waals surface area contributed by atoms with Gasteiger partial charge in [-0.05, 0) is 31.7 Å². The minimum atomic E-state index is -3.45. The van der Waals surface area contributed by atoms with Crippen molar-refractivity contribution in [2.24, 2.45) is 0 Å². The maximum Gasteiger partial charge on any atom is 0.178 e. The summed E-state index contributed by atoms with van der Waals surface area (Å²) in [6.07, 6.45) is 1.09. The first-order chi connectivity index (χ1) is 8.31. The van der Waals surface area contributed by atoms with E-state index in [-0.39, 0.29) is 22.8 Å². The van der Waals surface area contributed by atoms with Gasteiger partial charge in [-0.3, -0.25) is 4.79 Å². The molecule has 100 valence electrons. The van der Waals surface area contributed by atoms with Crippen LogP contribution in [0.25, 0.3) is 0 Å². The van der Waals surface area contributed by atoms with E-state index in [1.165, 1.54) is 19.2 Å². The number of rotatable bonds is 5. The number of sulfone groups is 1. The van der Waals surface area contributed by atoms with E-state index < -0.39 is 9.84 Å². The molecule has 0 saturated carbocycles. The molecule has 5 nitrogen and oxygen atoms in total. The van der Waals surface area contributed by atoms with Gasteiger partial charge < -0.3 is 10.1 Å². The molecule has 0 radical (unpaired) electrons. The highest BCUT2D eigenvalue weighted by Gasteiger charge is 2.20. The van der Waals surface area contributed by atoms with E-state index in [1.807, 2.05) is 0 Å². The molecule has 1 aromatic carbocycles. The Kier molecular flexibility index (Phi) is 4.48. The largest absolute Gasteiger partial charge is 0.496 e. The van der Waals surface area contributed by atoms with Gasteiger partial charge in [-0.2, -0.15) is 0 Å². The molecule has 18 heavy (non-hydrogen) atoms. The molecule has 1 rings (SSSR count). The van der Waals surface area contributed by atoms with Crippen molar-refractivity contribution in [2.45, 2.75) is 11.8 Å².